The van der Waals surface area contributed by atoms with E-state index in [4.69, 9.17) is 5.11 Å². The summed E-state index contributed by atoms with van der Waals surface area (Å²) in [5.74, 6) is -2.41. The number of hydrogen-bond donors (Lipinski definition) is 2. The lowest BCUT2D eigenvalue weighted by molar-refractivity contribution is -0.142. The van der Waals surface area contributed by atoms with Gasteiger partial charge in [0.25, 0.3) is 5.91 Å². The Morgan fingerprint density at radius 1 is 1.39 bits per heavy atom. The molecule has 0 aliphatic carbocycles. The maximum Gasteiger partial charge on any atom is 0.326 e. The number of carboxylic acid groups (broad SMARTS) is 1. The normalized spacial score (nSPS) is 12.9. The van der Waals surface area contributed by atoms with E-state index in [9.17, 15) is 14.0 Å². The number of pyridine rings is 1. The van der Waals surface area contributed by atoms with Gasteiger partial charge >= 0.3 is 5.97 Å². The topological polar surface area (TPSA) is 79.3 Å². The summed E-state index contributed by atoms with van der Waals surface area (Å²) in [4.78, 5) is 26.2. The molecule has 1 aromatic rings. The number of carbonyl (C=O) groups excluding carboxylic acids is 1. The zero-order valence-corrected chi connectivity index (χ0v) is 10.4. The SMILES string of the molecule is CC(C)(C)C(NC(=O)c1ccc(F)nc1)C(=O)O. The van der Waals surface area contributed by atoms with Crippen molar-refractivity contribution in [1.82, 2.24) is 10.3 Å². The fraction of sp³-hybridized carbons (Fsp3) is 0.417. The third-order valence-electron chi connectivity index (χ3n) is 2.38. The molecule has 0 aliphatic rings. The molecule has 0 fully saturated rings. The van der Waals surface area contributed by atoms with Crippen LogP contribution in [0.4, 0.5) is 4.39 Å². The van der Waals surface area contributed by atoms with Crippen molar-refractivity contribution in [2.75, 3.05) is 0 Å². The highest BCUT2D eigenvalue weighted by atomic mass is 19.1. The van der Waals surface area contributed by atoms with E-state index in [1.807, 2.05) is 0 Å². The molecule has 1 aromatic heterocycles. The van der Waals surface area contributed by atoms with Crippen LogP contribution in [0.2, 0.25) is 0 Å². The average molecular weight is 254 g/mol. The Morgan fingerprint density at radius 3 is 2.39 bits per heavy atom. The van der Waals surface area contributed by atoms with Crippen molar-refractivity contribution >= 4 is 11.9 Å². The molecule has 1 amide bonds. The quantitative estimate of drug-likeness (QED) is 0.800. The number of hydrogen-bond acceptors (Lipinski definition) is 3. The van der Waals surface area contributed by atoms with Crippen LogP contribution in [0.1, 0.15) is 31.1 Å². The van der Waals surface area contributed by atoms with Crippen molar-refractivity contribution < 1.29 is 19.1 Å². The van der Waals surface area contributed by atoms with E-state index in [-0.39, 0.29) is 5.56 Å². The second kappa shape index (κ2) is 5.12. The van der Waals surface area contributed by atoms with Gasteiger partial charge in [-0.1, -0.05) is 20.8 Å². The molecule has 0 saturated heterocycles. The first kappa shape index (κ1) is 14.1. The summed E-state index contributed by atoms with van der Waals surface area (Å²) in [5.41, 5.74) is -0.513. The summed E-state index contributed by atoms with van der Waals surface area (Å²) in [7, 11) is 0. The van der Waals surface area contributed by atoms with Crippen LogP contribution in [0, 0.1) is 11.4 Å². The van der Waals surface area contributed by atoms with Crippen LogP contribution in [0.25, 0.3) is 0 Å². The van der Waals surface area contributed by atoms with Crippen LogP contribution in [0.15, 0.2) is 18.3 Å². The fourth-order valence-corrected chi connectivity index (χ4v) is 1.37. The Balaban J connectivity index is 2.86. The van der Waals surface area contributed by atoms with Gasteiger partial charge in [0, 0.05) is 6.20 Å². The lowest BCUT2D eigenvalue weighted by Crippen LogP contribution is -2.49. The zero-order valence-electron chi connectivity index (χ0n) is 10.4. The van der Waals surface area contributed by atoms with E-state index < -0.39 is 29.3 Å². The third-order valence-corrected chi connectivity index (χ3v) is 2.38. The first-order valence-electron chi connectivity index (χ1n) is 5.37. The molecule has 1 atom stereocenters. The maximum absolute atomic E-state index is 12.6. The van der Waals surface area contributed by atoms with Crippen molar-refractivity contribution in [3.05, 3.63) is 29.8 Å². The standard InChI is InChI=1S/C12H15FN2O3/c1-12(2,3)9(11(17)18)15-10(16)7-4-5-8(13)14-6-7/h4-6,9H,1-3H3,(H,15,16)(H,17,18). The minimum absolute atomic E-state index is 0.118. The largest absolute Gasteiger partial charge is 0.480 e. The maximum atomic E-state index is 12.6. The highest BCUT2D eigenvalue weighted by Crippen LogP contribution is 2.19. The molecule has 2 N–H and O–H groups in total. The molecule has 0 aliphatic heterocycles. The summed E-state index contributed by atoms with van der Waals surface area (Å²) in [5, 5.41) is 11.4. The second-order valence-electron chi connectivity index (χ2n) is 4.98. The molecule has 0 spiro atoms. The van der Waals surface area contributed by atoms with Crippen molar-refractivity contribution in [3.8, 4) is 0 Å². The first-order chi connectivity index (χ1) is 8.21. The van der Waals surface area contributed by atoms with Gasteiger partial charge in [-0.05, 0) is 17.5 Å². The van der Waals surface area contributed by atoms with E-state index in [0.717, 1.165) is 12.3 Å². The van der Waals surface area contributed by atoms with E-state index in [1.54, 1.807) is 20.8 Å². The van der Waals surface area contributed by atoms with Crippen LogP contribution < -0.4 is 5.32 Å². The molecule has 1 heterocycles. The zero-order chi connectivity index (χ0) is 13.9. The number of amides is 1. The van der Waals surface area contributed by atoms with Gasteiger partial charge in [-0.2, -0.15) is 4.39 Å². The number of aromatic nitrogens is 1. The molecule has 0 radical (unpaired) electrons. The number of carboxylic acids is 1. The summed E-state index contributed by atoms with van der Waals surface area (Å²) < 4.78 is 12.6. The molecule has 0 aromatic carbocycles. The van der Waals surface area contributed by atoms with Gasteiger partial charge in [-0.15, -0.1) is 0 Å². The van der Waals surface area contributed by atoms with Gasteiger partial charge in [0.15, 0.2) is 0 Å². The summed E-state index contributed by atoms with van der Waals surface area (Å²) in [6.07, 6.45) is 1.06. The average Bonchev–Trinajstić information content (AvgIpc) is 2.24. The van der Waals surface area contributed by atoms with Gasteiger partial charge in [0.2, 0.25) is 5.95 Å². The summed E-state index contributed by atoms with van der Waals surface area (Å²) >= 11 is 0. The molecule has 98 valence electrons. The van der Waals surface area contributed by atoms with Crippen LogP contribution >= 0.6 is 0 Å². The lowest BCUT2D eigenvalue weighted by Gasteiger charge is -2.27. The number of halogens is 1. The van der Waals surface area contributed by atoms with Crippen LogP contribution in [-0.4, -0.2) is 28.0 Å². The molecule has 18 heavy (non-hydrogen) atoms. The summed E-state index contributed by atoms with van der Waals surface area (Å²) in [6, 6.07) is 1.26. The summed E-state index contributed by atoms with van der Waals surface area (Å²) in [6.45, 7) is 5.11. The minimum Gasteiger partial charge on any atom is -0.480 e. The Morgan fingerprint density at radius 2 is 2.00 bits per heavy atom. The van der Waals surface area contributed by atoms with Crippen molar-refractivity contribution in [2.45, 2.75) is 26.8 Å². The van der Waals surface area contributed by atoms with Gasteiger partial charge in [0.05, 0.1) is 5.56 Å². The highest BCUT2D eigenvalue weighted by Gasteiger charge is 2.32. The van der Waals surface area contributed by atoms with Crippen molar-refractivity contribution in [3.63, 3.8) is 0 Å². The number of carbonyl (C=O) groups is 2. The van der Waals surface area contributed by atoms with Crippen LogP contribution in [0.5, 0.6) is 0 Å². The van der Waals surface area contributed by atoms with E-state index in [2.05, 4.69) is 10.3 Å². The Bertz CT molecular complexity index is 451. The predicted octanol–water partition coefficient (Wildman–Crippen LogP) is 1.45. The number of rotatable bonds is 3. The number of nitrogens with one attached hydrogen (secondary N) is 1. The second-order valence-corrected chi connectivity index (χ2v) is 4.98. The Kier molecular flexibility index (Phi) is 4.00. The molecule has 6 heteroatoms. The first-order valence-corrected chi connectivity index (χ1v) is 5.37. The van der Waals surface area contributed by atoms with Crippen molar-refractivity contribution in [1.29, 1.82) is 0 Å². The van der Waals surface area contributed by atoms with Crippen LogP contribution in [0.3, 0.4) is 0 Å². The van der Waals surface area contributed by atoms with Crippen LogP contribution in [-0.2, 0) is 4.79 Å². The van der Waals surface area contributed by atoms with E-state index >= 15 is 0 Å². The third kappa shape index (κ3) is 3.51. The van der Waals surface area contributed by atoms with Crippen molar-refractivity contribution in [2.24, 2.45) is 5.41 Å². The molecular weight excluding hydrogens is 239 g/mol. The molecule has 1 rings (SSSR count). The van der Waals surface area contributed by atoms with E-state index in [0.29, 0.717) is 0 Å². The highest BCUT2D eigenvalue weighted by molar-refractivity contribution is 5.96. The monoisotopic (exact) mass is 254 g/mol. The van der Waals surface area contributed by atoms with Gasteiger partial charge < -0.3 is 10.4 Å². The Hall–Kier alpha value is -1.98. The van der Waals surface area contributed by atoms with Gasteiger partial charge in [-0.3, -0.25) is 4.79 Å². The smallest absolute Gasteiger partial charge is 0.326 e. The molecule has 0 bridgehead atoms. The molecule has 0 saturated carbocycles. The Labute approximate surface area is 104 Å². The number of nitrogens with zero attached hydrogens (tertiary/aromatic N) is 1. The van der Waals surface area contributed by atoms with E-state index in [1.165, 1.54) is 6.07 Å². The van der Waals surface area contributed by atoms with Gasteiger partial charge in [0.1, 0.15) is 6.04 Å². The number of aliphatic carboxylic acids is 1. The molecular formula is C12H15FN2O3. The molecule has 5 nitrogen and oxygen atoms in total. The van der Waals surface area contributed by atoms with Gasteiger partial charge in [-0.25, -0.2) is 9.78 Å². The fourth-order valence-electron chi connectivity index (χ4n) is 1.37. The molecule has 1 unspecified atom stereocenters. The lowest BCUT2D eigenvalue weighted by atomic mass is 9.86. The minimum atomic E-state index is -1.12. The predicted molar refractivity (Wildman–Crippen MR) is 62.5 cm³/mol.